The molecule has 0 bridgehead atoms. The van der Waals surface area contributed by atoms with Crippen molar-refractivity contribution in [1.82, 2.24) is 5.32 Å². The minimum Gasteiger partial charge on any atom is -0.394 e. The fraction of sp³-hybridized carbons (Fsp3) is 0.929. The fourth-order valence-corrected chi connectivity index (χ4v) is 2.92. The number of rotatable bonds is 4. The van der Waals surface area contributed by atoms with E-state index in [0.29, 0.717) is 0 Å². The first kappa shape index (κ1) is 20.4. The first-order valence-corrected chi connectivity index (χ1v) is 7.92. The Morgan fingerprint density at radius 2 is 1.68 bits per heavy atom. The quantitative estimate of drug-likeness (QED) is 0.257. The van der Waals surface area contributed by atoms with Crippen molar-refractivity contribution in [2.75, 3.05) is 6.61 Å². The van der Waals surface area contributed by atoms with Gasteiger partial charge in [0.2, 0.25) is 5.91 Å². The number of hydrogen-bond donors (Lipinski definition) is 7. The Morgan fingerprint density at radius 1 is 1.04 bits per heavy atom. The van der Waals surface area contributed by atoms with E-state index in [1.807, 2.05) is 0 Å². The molecule has 0 aromatic heterocycles. The molecule has 0 aromatic carbocycles. The summed E-state index contributed by atoms with van der Waals surface area (Å²) in [5.74, 6) is -0.537. The molecule has 2 aliphatic heterocycles. The van der Waals surface area contributed by atoms with Crippen LogP contribution in [0.5, 0.6) is 0 Å². The molecule has 11 heteroatoms. The highest BCUT2D eigenvalue weighted by molar-refractivity contribution is 5.73. The van der Waals surface area contributed by atoms with Gasteiger partial charge in [0.1, 0.15) is 42.7 Å². The summed E-state index contributed by atoms with van der Waals surface area (Å²) < 4.78 is 15.8. The maximum Gasteiger partial charge on any atom is 0.217 e. The van der Waals surface area contributed by atoms with Crippen LogP contribution in [0.2, 0.25) is 0 Å². The van der Waals surface area contributed by atoms with Gasteiger partial charge in [-0.05, 0) is 6.92 Å². The van der Waals surface area contributed by atoms with Crippen LogP contribution in [0.15, 0.2) is 0 Å². The maximum atomic E-state index is 11.3. The molecule has 0 aliphatic carbocycles. The van der Waals surface area contributed by atoms with Gasteiger partial charge in [0.15, 0.2) is 12.6 Å². The lowest BCUT2D eigenvalue weighted by atomic mass is 9.95. The second kappa shape index (κ2) is 8.20. The summed E-state index contributed by atoms with van der Waals surface area (Å²) in [5.41, 5.74) is 0. The number of carbonyl (C=O) groups is 1. The van der Waals surface area contributed by atoms with Crippen molar-refractivity contribution in [3.05, 3.63) is 0 Å². The minimum atomic E-state index is -1.64. The van der Waals surface area contributed by atoms with Crippen LogP contribution in [0.1, 0.15) is 13.8 Å². The van der Waals surface area contributed by atoms with Gasteiger partial charge in [-0.2, -0.15) is 0 Å². The SMILES string of the molecule is CC(=O)N[C@H]1C(O)O[C@H](CO)[C@@H](O)[C@@H]1OC1O[C@@H](C)[C@@H](O)[C@@H](O)[C@@H]1O. The van der Waals surface area contributed by atoms with Crippen molar-refractivity contribution < 1.29 is 49.6 Å². The number of amides is 1. The number of hydrogen-bond acceptors (Lipinski definition) is 10. The molecule has 2 heterocycles. The van der Waals surface area contributed by atoms with Crippen molar-refractivity contribution in [3.8, 4) is 0 Å². The Hall–Kier alpha value is -0.890. The van der Waals surface area contributed by atoms with E-state index in [9.17, 15) is 35.4 Å². The molecule has 2 unspecified atom stereocenters. The third-order valence-corrected chi connectivity index (χ3v) is 4.34. The normalized spacial score (nSPS) is 48.2. The Labute approximate surface area is 143 Å². The van der Waals surface area contributed by atoms with Gasteiger partial charge >= 0.3 is 0 Å². The van der Waals surface area contributed by atoms with Crippen LogP contribution in [0, 0.1) is 0 Å². The van der Waals surface area contributed by atoms with E-state index in [0.717, 1.165) is 0 Å². The highest BCUT2D eigenvalue weighted by atomic mass is 16.7. The number of aliphatic hydroxyl groups excluding tert-OH is 6. The summed E-state index contributed by atoms with van der Waals surface area (Å²) in [6, 6.07) is -1.22. The van der Waals surface area contributed by atoms with Gasteiger partial charge < -0.3 is 50.2 Å². The number of aliphatic hydroxyl groups is 6. The van der Waals surface area contributed by atoms with Gasteiger partial charge in [-0.15, -0.1) is 0 Å². The van der Waals surface area contributed by atoms with Crippen LogP contribution >= 0.6 is 0 Å². The van der Waals surface area contributed by atoms with E-state index in [1.54, 1.807) is 0 Å². The van der Waals surface area contributed by atoms with Crippen LogP contribution in [0.25, 0.3) is 0 Å². The molecular weight excluding hydrogens is 342 g/mol. The predicted octanol–water partition coefficient (Wildman–Crippen LogP) is -4.23. The molecule has 2 aliphatic rings. The van der Waals surface area contributed by atoms with E-state index in [1.165, 1.54) is 13.8 Å². The molecule has 10 atom stereocenters. The average Bonchev–Trinajstić information content (AvgIpc) is 2.56. The van der Waals surface area contributed by atoms with Crippen molar-refractivity contribution >= 4 is 5.91 Å². The zero-order chi connectivity index (χ0) is 18.9. The Balaban J connectivity index is 2.20. The van der Waals surface area contributed by atoms with Gasteiger partial charge in [-0.3, -0.25) is 4.79 Å². The van der Waals surface area contributed by atoms with Crippen molar-refractivity contribution in [2.45, 2.75) is 75.2 Å². The Kier molecular flexibility index (Phi) is 6.70. The summed E-state index contributed by atoms with van der Waals surface area (Å²) in [4.78, 5) is 11.3. The van der Waals surface area contributed by atoms with E-state index >= 15 is 0 Å². The van der Waals surface area contributed by atoms with Crippen molar-refractivity contribution in [3.63, 3.8) is 0 Å². The average molecular weight is 367 g/mol. The standard InChI is InChI=1S/C14H25NO10/c1-4-8(18)10(20)11(21)14(23-4)25-12-7(15-5(2)17)13(22)24-6(3-16)9(12)19/h4,6-14,16,18-22H,3H2,1-2H3,(H,15,17)/t4-,6+,7+,8+,9+,10+,11-,12+,13?,14?/m0/s1. The van der Waals surface area contributed by atoms with Gasteiger partial charge in [0.05, 0.1) is 12.7 Å². The fourth-order valence-electron chi connectivity index (χ4n) is 2.92. The first-order chi connectivity index (χ1) is 11.7. The molecule has 1 amide bonds. The summed E-state index contributed by atoms with van der Waals surface area (Å²) in [5, 5.41) is 61.5. The molecule has 0 aromatic rings. The van der Waals surface area contributed by atoms with E-state index < -0.39 is 73.9 Å². The monoisotopic (exact) mass is 367 g/mol. The molecule has 146 valence electrons. The molecule has 2 saturated heterocycles. The van der Waals surface area contributed by atoms with Gasteiger partial charge in [0.25, 0.3) is 0 Å². The lowest BCUT2D eigenvalue weighted by Gasteiger charge is -2.46. The maximum absolute atomic E-state index is 11.3. The largest absolute Gasteiger partial charge is 0.394 e. The van der Waals surface area contributed by atoms with Crippen LogP contribution < -0.4 is 5.32 Å². The molecule has 25 heavy (non-hydrogen) atoms. The third kappa shape index (κ3) is 4.27. The van der Waals surface area contributed by atoms with E-state index in [4.69, 9.17) is 14.2 Å². The molecule has 2 fully saturated rings. The zero-order valence-corrected chi connectivity index (χ0v) is 13.8. The first-order valence-electron chi connectivity index (χ1n) is 7.92. The summed E-state index contributed by atoms with van der Waals surface area (Å²) in [6.45, 7) is 2.01. The summed E-state index contributed by atoms with van der Waals surface area (Å²) in [7, 11) is 0. The Morgan fingerprint density at radius 3 is 2.24 bits per heavy atom. The summed E-state index contributed by atoms with van der Waals surface area (Å²) in [6.07, 6.45) is -12.4. The number of ether oxygens (including phenoxy) is 3. The molecule has 7 N–H and O–H groups in total. The number of nitrogens with one attached hydrogen (secondary N) is 1. The summed E-state index contributed by atoms with van der Waals surface area (Å²) >= 11 is 0. The molecule has 0 saturated carbocycles. The van der Waals surface area contributed by atoms with E-state index in [2.05, 4.69) is 5.32 Å². The van der Waals surface area contributed by atoms with Gasteiger partial charge in [-0.1, -0.05) is 0 Å². The highest BCUT2D eigenvalue weighted by Gasteiger charge is 2.50. The minimum absolute atomic E-state index is 0.537. The highest BCUT2D eigenvalue weighted by Crippen LogP contribution is 2.28. The second-order valence-corrected chi connectivity index (χ2v) is 6.25. The lowest BCUT2D eigenvalue weighted by Crippen LogP contribution is -2.67. The zero-order valence-electron chi connectivity index (χ0n) is 13.8. The van der Waals surface area contributed by atoms with Crippen molar-refractivity contribution in [1.29, 1.82) is 0 Å². The van der Waals surface area contributed by atoms with E-state index in [-0.39, 0.29) is 0 Å². The smallest absolute Gasteiger partial charge is 0.217 e. The lowest BCUT2D eigenvalue weighted by molar-refractivity contribution is -0.337. The molecule has 11 nitrogen and oxygen atoms in total. The molecule has 0 spiro atoms. The second-order valence-electron chi connectivity index (χ2n) is 6.25. The predicted molar refractivity (Wildman–Crippen MR) is 78.8 cm³/mol. The molecule has 0 radical (unpaired) electrons. The number of carbonyl (C=O) groups excluding carboxylic acids is 1. The van der Waals surface area contributed by atoms with Crippen LogP contribution in [-0.2, 0) is 19.0 Å². The van der Waals surface area contributed by atoms with Crippen LogP contribution in [0.3, 0.4) is 0 Å². The Bertz CT molecular complexity index is 465. The van der Waals surface area contributed by atoms with Crippen LogP contribution in [-0.4, -0.2) is 105 Å². The van der Waals surface area contributed by atoms with Gasteiger partial charge in [0, 0.05) is 6.92 Å². The topological polar surface area (TPSA) is 178 Å². The third-order valence-electron chi connectivity index (χ3n) is 4.34. The van der Waals surface area contributed by atoms with Crippen LogP contribution in [0.4, 0.5) is 0 Å². The molecule has 2 rings (SSSR count). The van der Waals surface area contributed by atoms with Crippen molar-refractivity contribution in [2.24, 2.45) is 0 Å². The molecular formula is C14H25NO10. The van der Waals surface area contributed by atoms with Gasteiger partial charge in [-0.25, -0.2) is 0 Å².